The highest BCUT2D eigenvalue weighted by molar-refractivity contribution is 14.1. The summed E-state index contributed by atoms with van der Waals surface area (Å²) < 4.78 is 0.285. The molecule has 11 heavy (non-hydrogen) atoms. The number of ketones is 1. The van der Waals surface area contributed by atoms with Crippen molar-refractivity contribution in [3.63, 3.8) is 0 Å². The lowest BCUT2D eigenvalue weighted by atomic mass is 10.0. The number of allylic oxidation sites excluding steroid dienone is 1. The summed E-state index contributed by atoms with van der Waals surface area (Å²) in [5, 5.41) is 0. The summed E-state index contributed by atoms with van der Waals surface area (Å²) in [6.45, 7) is 3.68. The molecule has 0 saturated heterocycles. The van der Waals surface area contributed by atoms with Crippen LogP contribution in [0, 0.1) is 5.92 Å². The molecule has 0 N–H and O–H groups in total. The number of hydrogen-bond acceptors (Lipinski definition) is 1. The molecule has 1 saturated carbocycles. The van der Waals surface area contributed by atoms with Crippen LogP contribution in [0.25, 0.3) is 0 Å². The van der Waals surface area contributed by atoms with Gasteiger partial charge in [-0.2, -0.15) is 0 Å². The number of Topliss-reactive ketones (excluding diaryl/α,β-unsaturated/α-hetero) is 1. The largest absolute Gasteiger partial charge is 0.299 e. The minimum atomic E-state index is 0.285. The molecule has 0 aromatic heterocycles. The molecule has 0 unspecified atom stereocenters. The molecule has 2 heteroatoms. The summed E-state index contributed by atoms with van der Waals surface area (Å²) in [6, 6.07) is 0. The second-order valence-corrected chi connectivity index (χ2v) is 4.37. The summed E-state index contributed by atoms with van der Waals surface area (Å²) in [4.78, 5) is 11.1. The van der Waals surface area contributed by atoms with Gasteiger partial charge in [-0.05, 0) is 25.2 Å². The van der Waals surface area contributed by atoms with E-state index >= 15 is 0 Å². The molecule has 1 aliphatic rings. The number of halogens is 1. The summed E-state index contributed by atoms with van der Waals surface area (Å²) in [6.07, 6.45) is 6.03. The highest BCUT2D eigenvalue weighted by Crippen LogP contribution is 2.32. The fourth-order valence-electron chi connectivity index (χ4n) is 1.50. The van der Waals surface area contributed by atoms with E-state index in [-0.39, 0.29) is 3.92 Å². The van der Waals surface area contributed by atoms with Gasteiger partial charge >= 0.3 is 0 Å². The van der Waals surface area contributed by atoms with Crippen LogP contribution in [-0.2, 0) is 4.79 Å². The normalized spacial score (nSPS) is 30.8. The zero-order chi connectivity index (χ0) is 8.27. The van der Waals surface area contributed by atoms with Crippen molar-refractivity contribution >= 4 is 28.4 Å². The van der Waals surface area contributed by atoms with E-state index in [1.807, 2.05) is 6.08 Å². The molecule has 0 spiro atoms. The quantitative estimate of drug-likeness (QED) is 0.435. The van der Waals surface area contributed by atoms with Crippen LogP contribution < -0.4 is 0 Å². The maximum absolute atomic E-state index is 11.1. The van der Waals surface area contributed by atoms with Crippen molar-refractivity contribution in [3.05, 3.63) is 12.7 Å². The van der Waals surface area contributed by atoms with Gasteiger partial charge in [0.05, 0.1) is 3.92 Å². The van der Waals surface area contributed by atoms with E-state index in [0.29, 0.717) is 11.7 Å². The smallest absolute Gasteiger partial charge is 0.145 e. The Morgan fingerprint density at radius 3 is 2.91 bits per heavy atom. The summed E-state index contributed by atoms with van der Waals surface area (Å²) in [5.41, 5.74) is 0. The molecule has 1 nitrogen and oxygen atoms in total. The van der Waals surface area contributed by atoms with Crippen LogP contribution in [0.15, 0.2) is 12.7 Å². The molecule has 0 heterocycles. The standard InChI is InChI=1S/C9H13IO/c1-2-3-4-7-5-6-8(11)9(7)10/h2,7,9H,1,3-6H2/t7-,9+/m1/s1. The third kappa shape index (κ3) is 2.29. The molecule has 0 aromatic carbocycles. The van der Waals surface area contributed by atoms with Gasteiger partial charge in [-0.15, -0.1) is 6.58 Å². The maximum Gasteiger partial charge on any atom is 0.145 e. The second-order valence-electron chi connectivity index (χ2n) is 3.03. The first-order chi connectivity index (χ1) is 5.25. The average molecular weight is 264 g/mol. The summed E-state index contributed by atoms with van der Waals surface area (Å²) >= 11 is 2.28. The van der Waals surface area contributed by atoms with Crippen molar-refractivity contribution in [2.45, 2.75) is 29.6 Å². The van der Waals surface area contributed by atoms with Gasteiger partial charge in [0.2, 0.25) is 0 Å². The Hall–Kier alpha value is 0.140. The minimum Gasteiger partial charge on any atom is -0.299 e. The van der Waals surface area contributed by atoms with Crippen LogP contribution in [0.5, 0.6) is 0 Å². The van der Waals surface area contributed by atoms with Crippen molar-refractivity contribution < 1.29 is 4.79 Å². The van der Waals surface area contributed by atoms with Gasteiger partial charge in [-0.25, -0.2) is 0 Å². The van der Waals surface area contributed by atoms with Crippen LogP contribution >= 0.6 is 22.6 Å². The number of hydrogen-bond donors (Lipinski definition) is 0. The third-order valence-electron chi connectivity index (χ3n) is 2.22. The molecular formula is C9H13IO. The van der Waals surface area contributed by atoms with Gasteiger partial charge in [0.15, 0.2) is 0 Å². The Morgan fingerprint density at radius 1 is 1.73 bits per heavy atom. The van der Waals surface area contributed by atoms with Gasteiger partial charge in [0.25, 0.3) is 0 Å². The molecule has 2 atom stereocenters. The van der Waals surface area contributed by atoms with Crippen molar-refractivity contribution in [1.29, 1.82) is 0 Å². The van der Waals surface area contributed by atoms with E-state index in [0.717, 1.165) is 25.7 Å². The fraction of sp³-hybridized carbons (Fsp3) is 0.667. The molecule has 62 valence electrons. The molecule has 1 aliphatic carbocycles. The van der Waals surface area contributed by atoms with Crippen LogP contribution in [0.1, 0.15) is 25.7 Å². The molecular weight excluding hydrogens is 251 g/mol. The van der Waals surface area contributed by atoms with Crippen molar-refractivity contribution in [1.82, 2.24) is 0 Å². The first-order valence-electron chi connectivity index (χ1n) is 4.03. The lowest BCUT2D eigenvalue weighted by molar-refractivity contribution is -0.116. The lowest BCUT2D eigenvalue weighted by Crippen LogP contribution is -2.12. The minimum absolute atomic E-state index is 0.285. The summed E-state index contributed by atoms with van der Waals surface area (Å²) in [5.74, 6) is 1.07. The predicted octanol–water partition coefficient (Wildman–Crippen LogP) is 2.74. The molecule has 0 aliphatic heterocycles. The third-order valence-corrected chi connectivity index (χ3v) is 3.94. The van der Waals surface area contributed by atoms with E-state index < -0.39 is 0 Å². The average Bonchev–Trinajstić information content (AvgIpc) is 2.31. The molecule has 1 rings (SSSR count). The zero-order valence-corrected chi connectivity index (χ0v) is 8.71. The Kier molecular flexibility index (Phi) is 3.55. The van der Waals surface area contributed by atoms with E-state index in [1.54, 1.807) is 0 Å². The fourth-order valence-corrected chi connectivity index (χ4v) is 2.53. The predicted molar refractivity (Wildman–Crippen MR) is 55.0 cm³/mol. The monoisotopic (exact) mass is 264 g/mol. The number of alkyl halides is 1. The number of carbonyl (C=O) groups is 1. The van der Waals surface area contributed by atoms with E-state index in [9.17, 15) is 4.79 Å². The van der Waals surface area contributed by atoms with Crippen LogP contribution in [0.4, 0.5) is 0 Å². The Morgan fingerprint density at radius 2 is 2.45 bits per heavy atom. The van der Waals surface area contributed by atoms with E-state index in [4.69, 9.17) is 0 Å². The highest BCUT2D eigenvalue weighted by Gasteiger charge is 2.31. The molecule has 0 bridgehead atoms. The number of rotatable bonds is 3. The van der Waals surface area contributed by atoms with Gasteiger partial charge in [0, 0.05) is 6.42 Å². The van der Waals surface area contributed by atoms with Crippen molar-refractivity contribution in [2.24, 2.45) is 5.92 Å². The Labute approximate surface area is 81.4 Å². The first kappa shape index (κ1) is 9.23. The van der Waals surface area contributed by atoms with Crippen molar-refractivity contribution in [2.75, 3.05) is 0 Å². The lowest BCUT2D eigenvalue weighted by Gasteiger charge is -2.09. The van der Waals surface area contributed by atoms with Crippen molar-refractivity contribution in [3.8, 4) is 0 Å². The van der Waals surface area contributed by atoms with E-state index in [2.05, 4.69) is 29.2 Å². The second kappa shape index (κ2) is 4.24. The van der Waals surface area contributed by atoms with Gasteiger partial charge in [0.1, 0.15) is 5.78 Å². The first-order valence-corrected chi connectivity index (χ1v) is 5.28. The maximum atomic E-state index is 11.1. The topological polar surface area (TPSA) is 17.1 Å². The van der Waals surface area contributed by atoms with Crippen LogP contribution in [0.2, 0.25) is 0 Å². The van der Waals surface area contributed by atoms with E-state index in [1.165, 1.54) is 0 Å². The SMILES string of the molecule is C=CCC[C@@H]1CCC(=O)[C@H]1I. The molecule has 0 radical (unpaired) electrons. The zero-order valence-electron chi connectivity index (χ0n) is 6.55. The van der Waals surface area contributed by atoms with Gasteiger partial charge in [-0.1, -0.05) is 28.7 Å². The molecule has 0 amide bonds. The Balaban J connectivity index is 2.35. The summed E-state index contributed by atoms with van der Waals surface area (Å²) in [7, 11) is 0. The highest BCUT2D eigenvalue weighted by atomic mass is 127. The Bertz CT molecular complexity index is 165. The molecule has 0 aromatic rings. The molecule has 1 fully saturated rings. The van der Waals surface area contributed by atoms with Crippen LogP contribution in [0.3, 0.4) is 0 Å². The van der Waals surface area contributed by atoms with Crippen LogP contribution in [-0.4, -0.2) is 9.71 Å². The number of carbonyl (C=O) groups excluding carboxylic acids is 1. The van der Waals surface area contributed by atoms with Gasteiger partial charge < -0.3 is 0 Å². The van der Waals surface area contributed by atoms with Gasteiger partial charge in [-0.3, -0.25) is 4.79 Å².